The second-order valence-electron chi connectivity index (χ2n) is 3.80. The Labute approximate surface area is 75.0 Å². The Balaban J connectivity index is 3.53. The smallest absolute Gasteiger partial charge is 0.129 e. The van der Waals surface area contributed by atoms with Crippen LogP contribution in [0.1, 0.15) is 52.9 Å². The number of rotatable bonds is 6. The van der Waals surface area contributed by atoms with Crippen LogP contribution in [0, 0.1) is 0 Å². The topological polar surface area (TPSA) is 37.3 Å². The lowest BCUT2D eigenvalue weighted by molar-refractivity contribution is -0.117. The van der Waals surface area contributed by atoms with E-state index in [9.17, 15) is 9.90 Å². The van der Waals surface area contributed by atoms with Crippen molar-refractivity contribution in [2.75, 3.05) is 0 Å². The van der Waals surface area contributed by atoms with Crippen molar-refractivity contribution in [3.8, 4) is 0 Å². The minimum atomic E-state index is -0.565. The van der Waals surface area contributed by atoms with E-state index in [1.807, 2.05) is 6.92 Å². The number of Topliss-reactive ketones (excluding diaryl/α,β-unsaturated/α-hetero) is 1. The first-order chi connectivity index (χ1) is 5.48. The van der Waals surface area contributed by atoms with E-state index < -0.39 is 5.60 Å². The van der Waals surface area contributed by atoms with Gasteiger partial charge in [0.15, 0.2) is 0 Å². The fourth-order valence-electron chi connectivity index (χ4n) is 1.38. The lowest BCUT2D eigenvalue weighted by Crippen LogP contribution is -2.23. The molecule has 1 atom stereocenters. The number of carbonyl (C=O) groups excluding carboxylic acids is 1. The summed E-state index contributed by atoms with van der Waals surface area (Å²) in [6.07, 6.45) is 3.96. The van der Waals surface area contributed by atoms with Crippen molar-refractivity contribution in [2.45, 2.75) is 58.5 Å². The molecule has 2 nitrogen and oxygen atoms in total. The van der Waals surface area contributed by atoms with Gasteiger partial charge in [-0.05, 0) is 33.1 Å². The summed E-state index contributed by atoms with van der Waals surface area (Å²) < 4.78 is 0. The highest BCUT2D eigenvalue weighted by molar-refractivity contribution is 5.75. The standard InChI is InChI=1S/C10H20O2/c1-4-7-10(3,12)8-5-6-9(2)11/h12H,4-8H2,1-3H3/t10-/m0/s1. The van der Waals surface area contributed by atoms with Gasteiger partial charge in [0.2, 0.25) is 0 Å². The predicted molar refractivity (Wildman–Crippen MR) is 50.1 cm³/mol. The number of hydrogen-bond acceptors (Lipinski definition) is 2. The van der Waals surface area contributed by atoms with E-state index >= 15 is 0 Å². The summed E-state index contributed by atoms with van der Waals surface area (Å²) in [5.41, 5.74) is -0.565. The van der Waals surface area contributed by atoms with Gasteiger partial charge >= 0.3 is 0 Å². The lowest BCUT2D eigenvalue weighted by atomic mass is 9.93. The molecule has 0 radical (unpaired) electrons. The largest absolute Gasteiger partial charge is 0.390 e. The Kier molecular flexibility index (Phi) is 5.14. The van der Waals surface area contributed by atoms with Crippen LogP contribution in [-0.4, -0.2) is 16.5 Å². The van der Waals surface area contributed by atoms with Crippen molar-refractivity contribution in [2.24, 2.45) is 0 Å². The fourth-order valence-corrected chi connectivity index (χ4v) is 1.38. The molecule has 0 saturated heterocycles. The normalized spacial score (nSPS) is 15.7. The summed E-state index contributed by atoms with van der Waals surface area (Å²) in [6.45, 7) is 5.49. The average Bonchev–Trinajstić information content (AvgIpc) is 1.85. The van der Waals surface area contributed by atoms with Crippen LogP contribution in [0.25, 0.3) is 0 Å². The van der Waals surface area contributed by atoms with E-state index in [1.54, 1.807) is 6.92 Å². The van der Waals surface area contributed by atoms with Crippen molar-refractivity contribution < 1.29 is 9.90 Å². The number of carbonyl (C=O) groups is 1. The van der Waals surface area contributed by atoms with Gasteiger partial charge in [-0.25, -0.2) is 0 Å². The second kappa shape index (κ2) is 5.31. The highest BCUT2D eigenvalue weighted by atomic mass is 16.3. The summed E-state index contributed by atoms with van der Waals surface area (Å²) >= 11 is 0. The minimum absolute atomic E-state index is 0.210. The van der Waals surface area contributed by atoms with Gasteiger partial charge in [-0.2, -0.15) is 0 Å². The second-order valence-corrected chi connectivity index (χ2v) is 3.80. The van der Waals surface area contributed by atoms with Gasteiger partial charge in [0, 0.05) is 6.42 Å². The molecule has 0 spiro atoms. The molecule has 0 aromatic rings. The third-order valence-corrected chi connectivity index (χ3v) is 2.03. The molecule has 0 aliphatic heterocycles. The van der Waals surface area contributed by atoms with Crippen LogP contribution >= 0.6 is 0 Å². The summed E-state index contributed by atoms with van der Waals surface area (Å²) in [5.74, 6) is 0.210. The van der Waals surface area contributed by atoms with E-state index in [4.69, 9.17) is 0 Å². The molecule has 0 aromatic heterocycles. The van der Waals surface area contributed by atoms with Crippen LogP contribution < -0.4 is 0 Å². The maximum Gasteiger partial charge on any atom is 0.129 e. The molecule has 0 heterocycles. The molecule has 0 unspecified atom stereocenters. The van der Waals surface area contributed by atoms with Crippen LogP contribution in [0.3, 0.4) is 0 Å². The van der Waals surface area contributed by atoms with Gasteiger partial charge in [-0.15, -0.1) is 0 Å². The molecule has 0 aromatic carbocycles. The lowest BCUT2D eigenvalue weighted by Gasteiger charge is -2.21. The van der Waals surface area contributed by atoms with Crippen molar-refractivity contribution in [3.63, 3.8) is 0 Å². The third-order valence-electron chi connectivity index (χ3n) is 2.03. The first kappa shape index (κ1) is 11.6. The van der Waals surface area contributed by atoms with Crippen molar-refractivity contribution in [1.82, 2.24) is 0 Å². The quantitative estimate of drug-likeness (QED) is 0.667. The maximum atomic E-state index is 10.6. The third kappa shape index (κ3) is 6.35. The highest BCUT2D eigenvalue weighted by Gasteiger charge is 2.18. The summed E-state index contributed by atoms with van der Waals surface area (Å²) in [4.78, 5) is 10.6. The Morgan fingerprint density at radius 1 is 1.42 bits per heavy atom. The summed E-state index contributed by atoms with van der Waals surface area (Å²) in [7, 11) is 0. The van der Waals surface area contributed by atoms with E-state index in [0.29, 0.717) is 6.42 Å². The molecular weight excluding hydrogens is 152 g/mol. The van der Waals surface area contributed by atoms with E-state index in [1.165, 1.54) is 0 Å². The molecule has 0 saturated carbocycles. The molecule has 0 bridgehead atoms. The molecule has 1 N–H and O–H groups in total. The van der Waals surface area contributed by atoms with E-state index in [2.05, 4.69) is 6.92 Å². The Morgan fingerprint density at radius 3 is 2.42 bits per heavy atom. The summed E-state index contributed by atoms with van der Waals surface area (Å²) in [5, 5.41) is 9.72. The molecule has 0 amide bonds. The van der Waals surface area contributed by atoms with Crippen LogP contribution in [0.5, 0.6) is 0 Å². The summed E-state index contributed by atoms with van der Waals surface area (Å²) in [6, 6.07) is 0. The first-order valence-corrected chi connectivity index (χ1v) is 4.70. The number of aliphatic hydroxyl groups is 1. The highest BCUT2D eigenvalue weighted by Crippen LogP contribution is 2.19. The number of hydrogen-bond donors (Lipinski definition) is 1. The van der Waals surface area contributed by atoms with E-state index in [0.717, 1.165) is 25.7 Å². The van der Waals surface area contributed by atoms with Gasteiger partial charge < -0.3 is 9.90 Å². The van der Waals surface area contributed by atoms with Crippen molar-refractivity contribution in [3.05, 3.63) is 0 Å². The molecule has 0 aliphatic rings. The molecular formula is C10H20O2. The Bertz CT molecular complexity index is 139. The van der Waals surface area contributed by atoms with Crippen molar-refractivity contribution in [1.29, 1.82) is 0 Å². The van der Waals surface area contributed by atoms with Crippen LogP contribution in [0.15, 0.2) is 0 Å². The molecule has 72 valence electrons. The SMILES string of the molecule is CCC[C@](C)(O)CCCC(C)=O. The average molecular weight is 172 g/mol. The zero-order valence-electron chi connectivity index (χ0n) is 8.39. The molecule has 0 rings (SSSR count). The van der Waals surface area contributed by atoms with Crippen molar-refractivity contribution >= 4 is 5.78 Å². The van der Waals surface area contributed by atoms with E-state index in [-0.39, 0.29) is 5.78 Å². The molecule has 2 heteroatoms. The zero-order valence-corrected chi connectivity index (χ0v) is 8.39. The van der Waals surface area contributed by atoms with Gasteiger partial charge in [-0.1, -0.05) is 13.3 Å². The molecule has 0 aliphatic carbocycles. The van der Waals surface area contributed by atoms with Gasteiger partial charge in [0.25, 0.3) is 0 Å². The molecule has 0 fully saturated rings. The monoisotopic (exact) mass is 172 g/mol. The Morgan fingerprint density at radius 2 is 2.00 bits per heavy atom. The fraction of sp³-hybridized carbons (Fsp3) is 0.900. The van der Waals surface area contributed by atoms with Crippen LogP contribution in [0.4, 0.5) is 0 Å². The first-order valence-electron chi connectivity index (χ1n) is 4.70. The van der Waals surface area contributed by atoms with Crippen LogP contribution in [-0.2, 0) is 4.79 Å². The number of ketones is 1. The maximum absolute atomic E-state index is 10.6. The zero-order chi connectivity index (χ0) is 9.61. The van der Waals surface area contributed by atoms with Gasteiger partial charge in [0.05, 0.1) is 5.60 Å². The van der Waals surface area contributed by atoms with Gasteiger partial charge in [-0.3, -0.25) is 0 Å². The van der Waals surface area contributed by atoms with Crippen LogP contribution in [0.2, 0.25) is 0 Å². The predicted octanol–water partition coefficient (Wildman–Crippen LogP) is 2.30. The Hall–Kier alpha value is -0.370. The minimum Gasteiger partial charge on any atom is -0.390 e. The molecule has 12 heavy (non-hydrogen) atoms. The van der Waals surface area contributed by atoms with Gasteiger partial charge in [0.1, 0.15) is 5.78 Å².